The number of aromatic nitrogens is 1. The fraction of sp³-hybridized carbons (Fsp3) is 0.308. The molecule has 0 spiro atoms. The third-order valence-electron chi connectivity index (χ3n) is 2.58. The van der Waals surface area contributed by atoms with Gasteiger partial charge in [-0.3, -0.25) is 0 Å². The molecule has 0 atom stereocenters. The average molecular weight is 266 g/mol. The molecule has 0 aliphatic heterocycles. The van der Waals surface area contributed by atoms with Crippen molar-refractivity contribution in [1.29, 1.82) is 0 Å². The molecule has 2 aromatic rings. The molecule has 0 radical (unpaired) electrons. The standard InChI is InChI=1S/C13H15FN2OS/c1-8-13(18-12(16-8)7-15-2)9-4-5-11(17-3)10(14)6-9/h4-6,15H,7H2,1-3H3. The lowest BCUT2D eigenvalue weighted by atomic mass is 10.1. The molecule has 5 heteroatoms. The number of thiazole rings is 1. The summed E-state index contributed by atoms with van der Waals surface area (Å²) in [7, 11) is 3.34. The minimum Gasteiger partial charge on any atom is -0.494 e. The van der Waals surface area contributed by atoms with Gasteiger partial charge in [0.2, 0.25) is 0 Å². The maximum Gasteiger partial charge on any atom is 0.165 e. The van der Waals surface area contributed by atoms with Crippen LogP contribution in [0.15, 0.2) is 18.2 Å². The van der Waals surface area contributed by atoms with Crippen LogP contribution in [0, 0.1) is 12.7 Å². The Kier molecular flexibility index (Phi) is 3.93. The van der Waals surface area contributed by atoms with E-state index in [1.54, 1.807) is 17.4 Å². The molecule has 1 heterocycles. The first-order valence-corrected chi connectivity index (χ1v) is 6.42. The van der Waals surface area contributed by atoms with Crippen molar-refractivity contribution < 1.29 is 9.13 Å². The lowest BCUT2D eigenvalue weighted by Crippen LogP contribution is -2.04. The first-order chi connectivity index (χ1) is 8.65. The van der Waals surface area contributed by atoms with E-state index in [9.17, 15) is 4.39 Å². The first-order valence-electron chi connectivity index (χ1n) is 5.60. The second-order valence-corrected chi connectivity index (χ2v) is 4.99. The Bertz CT molecular complexity index is 554. The number of hydrogen-bond acceptors (Lipinski definition) is 4. The Morgan fingerprint density at radius 3 is 2.83 bits per heavy atom. The van der Waals surface area contributed by atoms with Crippen LogP contribution in [-0.2, 0) is 6.54 Å². The molecule has 2 rings (SSSR count). The molecule has 0 fully saturated rings. The highest BCUT2D eigenvalue weighted by Gasteiger charge is 2.11. The van der Waals surface area contributed by atoms with Gasteiger partial charge < -0.3 is 10.1 Å². The van der Waals surface area contributed by atoms with Crippen molar-refractivity contribution >= 4 is 11.3 Å². The van der Waals surface area contributed by atoms with Crippen molar-refractivity contribution in [1.82, 2.24) is 10.3 Å². The van der Waals surface area contributed by atoms with Crippen molar-refractivity contribution in [2.75, 3.05) is 14.2 Å². The SMILES string of the molecule is CNCc1nc(C)c(-c2ccc(OC)c(F)c2)s1. The molecule has 0 bridgehead atoms. The number of nitrogens with zero attached hydrogens (tertiary/aromatic N) is 1. The van der Waals surface area contributed by atoms with Crippen LogP contribution in [0.3, 0.4) is 0 Å². The molecule has 18 heavy (non-hydrogen) atoms. The Morgan fingerprint density at radius 2 is 2.22 bits per heavy atom. The summed E-state index contributed by atoms with van der Waals surface area (Å²) in [6, 6.07) is 4.98. The molecule has 1 aromatic carbocycles. The van der Waals surface area contributed by atoms with Gasteiger partial charge in [0.25, 0.3) is 0 Å². The fourth-order valence-corrected chi connectivity index (χ4v) is 2.83. The summed E-state index contributed by atoms with van der Waals surface area (Å²) in [4.78, 5) is 5.45. The number of benzene rings is 1. The van der Waals surface area contributed by atoms with Crippen LogP contribution in [0.1, 0.15) is 10.7 Å². The van der Waals surface area contributed by atoms with Gasteiger partial charge in [-0.2, -0.15) is 0 Å². The number of methoxy groups -OCH3 is 1. The lowest BCUT2D eigenvalue weighted by Gasteiger charge is -2.04. The maximum absolute atomic E-state index is 13.7. The Balaban J connectivity index is 2.39. The summed E-state index contributed by atoms with van der Waals surface area (Å²) >= 11 is 1.58. The Morgan fingerprint density at radius 1 is 1.44 bits per heavy atom. The largest absolute Gasteiger partial charge is 0.494 e. The van der Waals surface area contributed by atoms with Gasteiger partial charge in [-0.25, -0.2) is 9.37 Å². The molecular formula is C13H15FN2OS. The number of hydrogen-bond donors (Lipinski definition) is 1. The van der Waals surface area contributed by atoms with Crippen LogP contribution in [0.5, 0.6) is 5.75 Å². The van der Waals surface area contributed by atoms with E-state index in [0.29, 0.717) is 0 Å². The second kappa shape index (κ2) is 5.46. The Labute approximate surface area is 110 Å². The van der Waals surface area contributed by atoms with Gasteiger partial charge in [-0.05, 0) is 37.7 Å². The Hall–Kier alpha value is -1.46. The first kappa shape index (κ1) is 13.0. The number of rotatable bonds is 4. The summed E-state index contributed by atoms with van der Waals surface area (Å²) in [5, 5.41) is 4.06. The van der Waals surface area contributed by atoms with Crippen molar-refractivity contribution in [3.8, 4) is 16.2 Å². The number of aryl methyl sites for hydroxylation is 1. The number of nitrogens with one attached hydrogen (secondary N) is 1. The normalized spacial score (nSPS) is 10.7. The summed E-state index contributed by atoms with van der Waals surface area (Å²) in [5.74, 6) is -0.0886. The molecule has 1 aromatic heterocycles. The third kappa shape index (κ3) is 2.52. The summed E-state index contributed by atoms with van der Waals surface area (Å²) in [6.07, 6.45) is 0. The smallest absolute Gasteiger partial charge is 0.165 e. The van der Waals surface area contributed by atoms with Crippen molar-refractivity contribution in [2.45, 2.75) is 13.5 Å². The zero-order valence-electron chi connectivity index (χ0n) is 10.6. The van der Waals surface area contributed by atoms with E-state index in [4.69, 9.17) is 4.74 Å². The minimum absolute atomic E-state index is 0.261. The quantitative estimate of drug-likeness (QED) is 0.923. The molecule has 1 N–H and O–H groups in total. The minimum atomic E-state index is -0.349. The molecule has 3 nitrogen and oxygen atoms in total. The van der Waals surface area contributed by atoms with Gasteiger partial charge in [0.15, 0.2) is 11.6 Å². The second-order valence-electron chi connectivity index (χ2n) is 3.90. The van der Waals surface area contributed by atoms with Gasteiger partial charge in [0.1, 0.15) is 5.01 Å². The van der Waals surface area contributed by atoms with Crippen LogP contribution < -0.4 is 10.1 Å². The summed E-state index contributed by atoms with van der Waals surface area (Å²) in [5.41, 5.74) is 1.76. The van der Waals surface area contributed by atoms with Gasteiger partial charge in [-0.1, -0.05) is 0 Å². The van der Waals surface area contributed by atoms with Crippen LogP contribution in [0.2, 0.25) is 0 Å². The number of ether oxygens (including phenoxy) is 1. The van der Waals surface area contributed by atoms with E-state index in [1.165, 1.54) is 13.2 Å². The molecule has 0 aliphatic rings. The van der Waals surface area contributed by atoms with Crippen LogP contribution >= 0.6 is 11.3 Å². The van der Waals surface area contributed by atoms with Gasteiger partial charge in [0, 0.05) is 6.54 Å². The molecule has 0 saturated carbocycles. The monoisotopic (exact) mass is 266 g/mol. The highest BCUT2D eigenvalue weighted by Crippen LogP contribution is 2.32. The summed E-state index contributed by atoms with van der Waals surface area (Å²) in [6.45, 7) is 2.66. The zero-order valence-corrected chi connectivity index (χ0v) is 11.4. The van der Waals surface area contributed by atoms with Crippen LogP contribution in [0.25, 0.3) is 10.4 Å². The van der Waals surface area contributed by atoms with E-state index in [0.717, 1.165) is 27.7 Å². The number of halogens is 1. The van der Waals surface area contributed by atoms with Crippen molar-refractivity contribution in [3.05, 3.63) is 34.7 Å². The zero-order chi connectivity index (χ0) is 13.1. The molecule has 0 unspecified atom stereocenters. The third-order valence-corrected chi connectivity index (χ3v) is 3.79. The lowest BCUT2D eigenvalue weighted by molar-refractivity contribution is 0.386. The molecule has 0 amide bonds. The molecule has 0 aliphatic carbocycles. The summed E-state index contributed by atoms with van der Waals surface area (Å²) < 4.78 is 18.6. The van der Waals surface area contributed by atoms with E-state index >= 15 is 0 Å². The molecule has 96 valence electrons. The van der Waals surface area contributed by atoms with Gasteiger partial charge >= 0.3 is 0 Å². The van der Waals surface area contributed by atoms with Gasteiger partial charge in [0.05, 0.1) is 17.7 Å². The van der Waals surface area contributed by atoms with E-state index < -0.39 is 0 Å². The predicted octanol–water partition coefficient (Wildman–Crippen LogP) is 2.99. The fourth-order valence-electron chi connectivity index (χ4n) is 1.75. The molecule has 0 saturated heterocycles. The van der Waals surface area contributed by atoms with Crippen molar-refractivity contribution in [3.63, 3.8) is 0 Å². The molecular weight excluding hydrogens is 251 g/mol. The van der Waals surface area contributed by atoms with E-state index in [1.807, 2.05) is 20.0 Å². The van der Waals surface area contributed by atoms with E-state index in [2.05, 4.69) is 10.3 Å². The van der Waals surface area contributed by atoms with Crippen molar-refractivity contribution in [2.24, 2.45) is 0 Å². The topological polar surface area (TPSA) is 34.2 Å². The van der Waals surface area contributed by atoms with Crippen LogP contribution in [-0.4, -0.2) is 19.1 Å². The maximum atomic E-state index is 13.7. The predicted molar refractivity (Wildman–Crippen MR) is 71.6 cm³/mol. The van der Waals surface area contributed by atoms with Gasteiger partial charge in [-0.15, -0.1) is 11.3 Å². The highest BCUT2D eigenvalue weighted by molar-refractivity contribution is 7.15. The van der Waals surface area contributed by atoms with E-state index in [-0.39, 0.29) is 11.6 Å². The van der Waals surface area contributed by atoms with Crippen LogP contribution in [0.4, 0.5) is 4.39 Å². The average Bonchev–Trinajstić information content (AvgIpc) is 2.71. The highest BCUT2D eigenvalue weighted by atomic mass is 32.1.